The summed E-state index contributed by atoms with van der Waals surface area (Å²) in [5.74, 6) is 0.889. The highest BCUT2D eigenvalue weighted by molar-refractivity contribution is 4.74. The summed E-state index contributed by atoms with van der Waals surface area (Å²) in [4.78, 5) is 2.49. The van der Waals surface area contributed by atoms with E-state index in [0.717, 1.165) is 32.2 Å². The minimum absolute atomic E-state index is 0.411. The number of nitrogens with zero attached hydrogens (tertiary/aromatic N) is 1. The summed E-state index contributed by atoms with van der Waals surface area (Å²) >= 11 is 0. The maximum atomic E-state index is 5.81. The van der Waals surface area contributed by atoms with E-state index in [-0.39, 0.29) is 0 Å². The Morgan fingerprint density at radius 2 is 2.07 bits per heavy atom. The second-order valence-electron chi connectivity index (χ2n) is 4.64. The largest absolute Gasteiger partial charge is 0.377 e. The van der Waals surface area contributed by atoms with E-state index in [2.05, 4.69) is 17.1 Å². The van der Waals surface area contributed by atoms with Gasteiger partial charge in [0.25, 0.3) is 0 Å². The molecule has 3 nitrogen and oxygen atoms in total. The van der Waals surface area contributed by atoms with E-state index in [1.165, 1.54) is 25.9 Å². The molecule has 0 radical (unpaired) electrons. The summed E-state index contributed by atoms with van der Waals surface area (Å²) in [6.45, 7) is 8.92. The van der Waals surface area contributed by atoms with Crippen LogP contribution in [-0.2, 0) is 4.74 Å². The van der Waals surface area contributed by atoms with Crippen LogP contribution in [-0.4, -0.2) is 50.3 Å². The van der Waals surface area contributed by atoms with Gasteiger partial charge in [-0.25, -0.2) is 0 Å². The van der Waals surface area contributed by atoms with Crippen molar-refractivity contribution in [2.45, 2.75) is 25.9 Å². The summed E-state index contributed by atoms with van der Waals surface area (Å²) < 4.78 is 5.81. The molecular formula is C11H22N2O. The van der Waals surface area contributed by atoms with E-state index in [1.54, 1.807) is 0 Å². The van der Waals surface area contributed by atoms with Crippen molar-refractivity contribution in [2.24, 2.45) is 5.92 Å². The zero-order valence-electron chi connectivity index (χ0n) is 9.17. The van der Waals surface area contributed by atoms with Gasteiger partial charge in [0.2, 0.25) is 0 Å². The van der Waals surface area contributed by atoms with Gasteiger partial charge < -0.3 is 10.1 Å². The molecule has 3 heteroatoms. The standard InChI is InChI=1S/C11H22N2O/c1-10(14-9-11-2-3-11)8-13-6-4-12-5-7-13/h10-12H,2-9H2,1H3/t10-/m1/s1. The van der Waals surface area contributed by atoms with Crippen molar-refractivity contribution in [1.29, 1.82) is 0 Å². The molecule has 1 saturated carbocycles. The van der Waals surface area contributed by atoms with Crippen molar-refractivity contribution in [3.05, 3.63) is 0 Å². The molecule has 1 aliphatic carbocycles. The maximum absolute atomic E-state index is 5.81. The monoisotopic (exact) mass is 198 g/mol. The SMILES string of the molecule is C[C@H](CN1CCNCC1)OCC1CC1. The second kappa shape index (κ2) is 5.10. The Morgan fingerprint density at radius 1 is 1.36 bits per heavy atom. The molecule has 0 aromatic carbocycles. The molecule has 2 rings (SSSR count). The Labute approximate surface area is 86.8 Å². The van der Waals surface area contributed by atoms with Crippen LogP contribution < -0.4 is 5.32 Å². The third kappa shape index (κ3) is 3.56. The van der Waals surface area contributed by atoms with Crippen LogP contribution in [0.4, 0.5) is 0 Å². The fraction of sp³-hybridized carbons (Fsp3) is 1.00. The molecule has 0 amide bonds. The highest BCUT2D eigenvalue weighted by atomic mass is 16.5. The molecule has 0 bridgehead atoms. The smallest absolute Gasteiger partial charge is 0.0674 e. The first-order valence-electron chi connectivity index (χ1n) is 5.89. The molecule has 0 unspecified atom stereocenters. The molecule has 0 spiro atoms. The molecule has 1 atom stereocenters. The van der Waals surface area contributed by atoms with E-state index in [1.807, 2.05) is 0 Å². The van der Waals surface area contributed by atoms with Gasteiger partial charge in [0.15, 0.2) is 0 Å². The summed E-state index contributed by atoms with van der Waals surface area (Å²) in [5, 5.41) is 3.37. The highest BCUT2D eigenvalue weighted by Gasteiger charge is 2.22. The molecule has 1 N–H and O–H groups in total. The predicted octanol–water partition coefficient (Wildman–Crippen LogP) is 0.707. The van der Waals surface area contributed by atoms with Gasteiger partial charge in [-0.3, -0.25) is 4.90 Å². The first-order valence-corrected chi connectivity index (χ1v) is 5.89. The molecule has 0 aromatic rings. The lowest BCUT2D eigenvalue weighted by molar-refractivity contribution is 0.0292. The fourth-order valence-corrected chi connectivity index (χ4v) is 1.89. The first-order chi connectivity index (χ1) is 6.84. The third-order valence-electron chi connectivity index (χ3n) is 3.04. The van der Waals surface area contributed by atoms with Gasteiger partial charge in [0, 0.05) is 39.3 Å². The van der Waals surface area contributed by atoms with Crippen molar-refractivity contribution >= 4 is 0 Å². The van der Waals surface area contributed by atoms with Crippen LogP contribution in [0.1, 0.15) is 19.8 Å². The normalized spacial score (nSPS) is 26.4. The summed E-state index contributed by atoms with van der Waals surface area (Å²) in [6.07, 6.45) is 3.19. The number of hydrogen-bond donors (Lipinski definition) is 1. The first kappa shape index (κ1) is 10.4. The van der Waals surface area contributed by atoms with Crippen LogP contribution in [0.2, 0.25) is 0 Å². The second-order valence-corrected chi connectivity index (χ2v) is 4.64. The number of ether oxygens (including phenoxy) is 1. The van der Waals surface area contributed by atoms with E-state index in [0.29, 0.717) is 6.10 Å². The van der Waals surface area contributed by atoms with Gasteiger partial charge in [-0.2, -0.15) is 0 Å². The van der Waals surface area contributed by atoms with Gasteiger partial charge in [-0.15, -0.1) is 0 Å². The Bertz CT molecular complexity index is 165. The Balaban J connectivity index is 1.57. The van der Waals surface area contributed by atoms with E-state index in [9.17, 15) is 0 Å². The van der Waals surface area contributed by atoms with Gasteiger partial charge >= 0.3 is 0 Å². The van der Waals surface area contributed by atoms with Crippen molar-refractivity contribution in [3.63, 3.8) is 0 Å². The van der Waals surface area contributed by atoms with Gasteiger partial charge in [-0.1, -0.05) is 0 Å². The van der Waals surface area contributed by atoms with Crippen LogP contribution in [0.25, 0.3) is 0 Å². The van der Waals surface area contributed by atoms with E-state index in [4.69, 9.17) is 4.74 Å². The lowest BCUT2D eigenvalue weighted by Gasteiger charge is -2.29. The van der Waals surface area contributed by atoms with Crippen molar-refractivity contribution < 1.29 is 4.74 Å². The fourth-order valence-electron chi connectivity index (χ4n) is 1.89. The quantitative estimate of drug-likeness (QED) is 0.704. The lowest BCUT2D eigenvalue weighted by atomic mass is 10.3. The molecule has 1 aliphatic heterocycles. The molecule has 14 heavy (non-hydrogen) atoms. The molecule has 0 aromatic heterocycles. The molecule has 1 heterocycles. The Kier molecular flexibility index (Phi) is 3.79. The number of hydrogen-bond acceptors (Lipinski definition) is 3. The number of piperazine rings is 1. The molecule has 2 aliphatic rings. The summed E-state index contributed by atoms with van der Waals surface area (Å²) in [6, 6.07) is 0. The van der Waals surface area contributed by atoms with E-state index < -0.39 is 0 Å². The van der Waals surface area contributed by atoms with Crippen molar-refractivity contribution in [2.75, 3.05) is 39.3 Å². The van der Waals surface area contributed by atoms with Crippen molar-refractivity contribution in [3.8, 4) is 0 Å². The zero-order chi connectivity index (χ0) is 9.80. The zero-order valence-corrected chi connectivity index (χ0v) is 9.17. The van der Waals surface area contributed by atoms with Gasteiger partial charge in [-0.05, 0) is 25.7 Å². The van der Waals surface area contributed by atoms with Crippen LogP contribution >= 0.6 is 0 Å². The Morgan fingerprint density at radius 3 is 2.71 bits per heavy atom. The maximum Gasteiger partial charge on any atom is 0.0674 e. The lowest BCUT2D eigenvalue weighted by Crippen LogP contribution is -2.46. The third-order valence-corrected chi connectivity index (χ3v) is 3.04. The number of nitrogens with one attached hydrogen (secondary N) is 1. The Hall–Kier alpha value is -0.120. The number of rotatable bonds is 5. The van der Waals surface area contributed by atoms with Crippen LogP contribution in [0.5, 0.6) is 0 Å². The summed E-state index contributed by atoms with van der Waals surface area (Å²) in [5.41, 5.74) is 0. The van der Waals surface area contributed by atoms with Crippen LogP contribution in [0.15, 0.2) is 0 Å². The van der Waals surface area contributed by atoms with E-state index >= 15 is 0 Å². The molecule has 2 fully saturated rings. The van der Waals surface area contributed by atoms with Crippen LogP contribution in [0.3, 0.4) is 0 Å². The van der Waals surface area contributed by atoms with Gasteiger partial charge in [0.1, 0.15) is 0 Å². The van der Waals surface area contributed by atoms with Crippen molar-refractivity contribution in [1.82, 2.24) is 10.2 Å². The average Bonchev–Trinajstić information content (AvgIpc) is 3.00. The molecule has 1 saturated heterocycles. The predicted molar refractivity (Wildman–Crippen MR) is 57.4 cm³/mol. The topological polar surface area (TPSA) is 24.5 Å². The van der Waals surface area contributed by atoms with Crippen LogP contribution in [0, 0.1) is 5.92 Å². The molecule has 82 valence electrons. The van der Waals surface area contributed by atoms with Gasteiger partial charge in [0.05, 0.1) is 6.10 Å². The minimum atomic E-state index is 0.411. The average molecular weight is 198 g/mol. The highest BCUT2D eigenvalue weighted by Crippen LogP contribution is 2.29. The summed E-state index contributed by atoms with van der Waals surface area (Å²) in [7, 11) is 0. The molecular weight excluding hydrogens is 176 g/mol. The minimum Gasteiger partial charge on any atom is -0.377 e.